The fourth-order valence-electron chi connectivity index (χ4n) is 2.78. The average Bonchev–Trinajstić information content (AvgIpc) is 3.27. The zero-order chi connectivity index (χ0) is 23.0. The van der Waals surface area contributed by atoms with Crippen molar-refractivity contribution in [3.8, 4) is 23.0 Å². The molecule has 0 saturated carbocycles. The minimum absolute atomic E-state index is 0.0244. The van der Waals surface area contributed by atoms with Crippen LogP contribution in [0.2, 0.25) is 0 Å². The average molecular weight is 448 g/mol. The van der Waals surface area contributed by atoms with Crippen LogP contribution in [0.1, 0.15) is 11.3 Å². The molecular weight excluding hydrogens is 425 g/mol. The van der Waals surface area contributed by atoms with Crippen molar-refractivity contribution in [2.24, 2.45) is 4.99 Å². The normalized spacial score (nSPS) is 11.8. The van der Waals surface area contributed by atoms with E-state index in [-0.39, 0.29) is 11.5 Å². The predicted octanol–water partition coefficient (Wildman–Crippen LogP) is 4.16. The number of guanidine groups is 1. The van der Waals surface area contributed by atoms with Crippen molar-refractivity contribution in [2.45, 2.75) is 19.3 Å². The van der Waals surface area contributed by atoms with Crippen molar-refractivity contribution in [2.75, 3.05) is 20.8 Å². The van der Waals surface area contributed by atoms with E-state index in [1.165, 1.54) is 13.2 Å². The molecule has 0 aliphatic rings. The summed E-state index contributed by atoms with van der Waals surface area (Å²) in [5, 5.41) is 6.26. The third-order valence-electron chi connectivity index (χ3n) is 4.31. The lowest BCUT2D eigenvalue weighted by Crippen LogP contribution is -2.36. The first-order valence-corrected chi connectivity index (χ1v) is 9.69. The van der Waals surface area contributed by atoms with Crippen LogP contribution in [0.15, 0.2) is 64.2 Å². The maximum Gasteiger partial charge on any atom is 0.422 e. The van der Waals surface area contributed by atoms with Crippen LogP contribution in [0.5, 0.6) is 11.5 Å². The van der Waals surface area contributed by atoms with Crippen molar-refractivity contribution < 1.29 is 27.1 Å². The van der Waals surface area contributed by atoms with Gasteiger partial charge >= 0.3 is 6.18 Å². The number of hydrogen-bond donors (Lipinski definition) is 2. The van der Waals surface area contributed by atoms with Crippen LogP contribution >= 0.6 is 0 Å². The van der Waals surface area contributed by atoms with Crippen LogP contribution in [-0.2, 0) is 13.1 Å². The molecule has 3 aromatic rings. The van der Waals surface area contributed by atoms with E-state index in [2.05, 4.69) is 20.6 Å². The molecule has 2 N–H and O–H groups in total. The summed E-state index contributed by atoms with van der Waals surface area (Å²) in [6.45, 7) is -0.626. The molecule has 2 aromatic carbocycles. The molecule has 32 heavy (non-hydrogen) atoms. The largest absolute Gasteiger partial charge is 0.493 e. The van der Waals surface area contributed by atoms with E-state index in [0.29, 0.717) is 30.6 Å². The Bertz CT molecular complexity index is 1040. The first kappa shape index (κ1) is 23.0. The molecule has 0 amide bonds. The molecule has 7 nitrogen and oxygen atoms in total. The number of hydrogen-bond acceptors (Lipinski definition) is 5. The summed E-state index contributed by atoms with van der Waals surface area (Å²) in [5.41, 5.74) is 2.37. The molecule has 170 valence electrons. The van der Waals surface area contributed by atoms with Crippen LogP contribution in [0.3, 0.4) is 0 Å². The van der Waals surface area contributed by atoms with Gasteiger partial charge in [0, 0.05) is 19.2 Å². The van der Waals surface area contributed by atoms with Crippen molar-refractivity contribution in [1.29, 1.82) is 0 Å². The second-order valence-electron chi connectivity index (χ2n) is 6.68. The molecule has 3 rings (SSSR count). The Morgan fingerprint density at radius 1 is 1.06 bits per heavy atom. The van der Waals surface area contributed by atoms with Crippen LogP contribution < -0.4 is 20.1 Å². The predicted molar refractivity (Wildman–Crippen MR) is 114 cm³/mol. The quantitative estimate of drug-likeness (QED) is 0.398. The van der Waals surface area contributed by atoms with Crippen LogP contribution in [-0.4, -0.2) is 37.9 Å². The van der Waals surface area contributed by atoms with Gasteiger partial charge in [-0.25, -0.2) is 4.98 Å². The maximum atomic E-state index is 12.4. The molecule has 0 spiro atoms. The van der Waals surface area contributed by atoms with Crippen LogP contribution in [0.25, 0.3) is 11.5 Å². The number of oxazole rings is 1. The van der Waals surface area contributed by atoms with E-state index >= 15 is 0 Å². The van der Waals surface area contributed by atoms with Gasteiger partial charge in [-0.2, -0.15) is 13.2 Å². The molecule has 1 heterocycles. The standard InChI is InChI=1S/C22H23F3N4O3/c1-26-21(28-12-17-13-31-20(29-17)16-6-4-3-5-7-16)27-11-15-8-9-18(19(10-15)30-2)32-14-22(23,24)25/h3-10,13H,11-12,14H2,1-2H3,(H2,26,27,28). The smallest absolute Gasteiger partial charge is 0.422 e. The molecule has 0 bridgehead atoms. The minimum Gasteiger partial charge on any atom is -0.493 e. The molecule has 0 saturated heterocycles. The fraction of sp³-hybridized carbons (Fsp3) is 0.273. The topological polar surface area (TPSA) is 80.9 Å². The lowest BCUT2D eigenvalue weighted by atomic mass is 10.2. The zero-order valence-electron chi connectivity index (χ0n) is 17.6. The summed E-state index contributed by atoms with van der Waals surface area (Å²) in [5.74, 6) is 1.29. The first-order valence-electron chi connectivity index (χ1n) is 9.69. The van der Waals surface area contributed by atoms with E-state index in [4.69, 9.17) is 13.9 Å². The summed E-state index contributed by atoms with van der Waals surface area (Å²) >= 11 is 0. The minimum atomic E-state index is -4.42. The highest BCUT2D eigenvalue weighted by atomic mass is 19.4. The number of nitrogens with one attached hydrogen (secondary N) is 2. The van der Waals surface area contributed by atoms with Crippen molar-refractivity contribution in [3.05, 3.63) is 66.1 Å². The van der Waals surface area contributed by atoms with Gasteiger partial charge in [0.1, 0.15) is 6.26 Å². The SMILES string of the molecule is CN=C(NCc1ccc(OCC(F)(F)F)c(OC)c1)NCc1coc(-c2ccccc2)n1. The molecule has 0 unspecified atom stereocenters. The Balaban J connectivity index is 1.53. The number of aliphatic imine (C=N–C) groups is 1. The number of rotatable bonds is 8. The summed E-state index contributed by atoms with van der Waals surface area (Å²) in [6, 6.07) is 14.3. The summed E-state index contributed by atoms with van der Waals surface area (Å²) in [6.07, 6.45) is -2.84. The Morgan fingerprint density at radius 2 is 1.81 bits per heavy atom. The number of aromatic nitrogens is 1. The van der Waals surface area contributed by atoms with Crippen molar-refractivity contribution >= 4 is 5.96 Å². The van der Waals surface area contributed by atoms with Gasteiger partial charge < -0.3 is 24.5 Å². The number of methoxy groups -OCH3 is 1. The van der Waals surface area contributed by atoms with Gasteiger partial charge in [0.05, 0.1) is 19.3 Å². The molecule has 0 fully saturated rings. The summed E-state index contributed by atoms with van der Waals surface area (Å²) < 4.78 is 52.6. The van der Waals surface area contributed by atoms with E-state index in [1.54, 1.807) is 25.4 Å². The summed E-state index contributed by atoms with van der Waals surface area (Å²) in [7, 11) is 3.00. The van der Waals surface area contributed by atoms with Gasteiger partial charge in [0.25, 0.3) is 0 Å². The highest BCUT2D eigenvalue weighted by Crippen LogP contribution is 2.29. The Kier molecular flexibility index (Phi) is 7.58. The second kappa shape index (κ2) is 10.6. The van der Waals surface area contributed by atoms with E-state index in [9.17, 15) is 13.2 Å². The number of nitrogens with zero attached hydrogens (tertiary/aromatic N) is 2. The highest BCUT2D eigenvalue weighted by Gasteiger charge is 2.29. The number of benzene rings is 2. The van der Waals surface area contributed by atoms with E-state index in [1.807, 2.05) is 30.3 Å². The molecule has 1 aromatic heterocycles. The highest BCUT2D eigenvalue weighted by molar-refractivity contribution is 5.79. The molecule has 0 atom stereocenters. The molecule has 0 aliphatic heterocycles. The molecule has 10 heteroatoms. The van der Waals surface area contributed by atoms with Gasteiger partial charge in [-0.15, -0.1) is 0 Å². The molecular formula is C22H23F3N4O3. The Hall–Kier alpha value is -3.69. The fourth-order valence-corrected chi connectivity index (χ4v) is 2.78. The van der Waals surface area contributed by atoms with E-state index in [0.717, 1.165) is 11.1 Å². The van der Waals surface area contributed by atoms with Gasteiger partial charge in [-0.1, -0.05) is 24.3 Å². The summed E-state index contributed by atoms with van der Waals surface area (Å²) in [4.78, 5) is 8.60. The zero-order valence-corrected chi connectivity index (χ0v) is 17.6. The monoisotopic (exact) mass is 448 g/mol. The molecule has 0 aliphatic carbocycles. The third-order valence-corrected chi connectivity index (χ3v) is 4.31. The number of ether oxygens (including phenoxy) is 2. The van der Waals surface area contributed by atoms with Crippen LogP contribution in [0.4, 0.5) is 13.2 Å². The lowest BCUT2D eigenvalue weighted by molar-refractivity contribution is -0.153. The molecule has 0 radical (unpaired) electrons. The van der Waals surface area contributed by atoms with Crippen molar-refractivity contribution in [3.63, 3.8) is 0 Å². The third kappa shape index (κ3) is 6.66. The van der Waals surface area contributed by atoms with Gasteiger partial charge in [0.2, 0.25) is 5.89 Å². The van der Waals surface area contributed by atoms with Gasteiger partial charge in [-0.05, 0) is 29.8 Å². The van der Waals surface area contributed by atoms with Crippen LogP contribution in [0, 0.1) is 0 Å². The maximum absolute atomic E-state index is 12.4. The van der Waals surface area contributed by atoms with Gasteiger partial charge in [0.15, 0.2) is 24.1 Å². The second-order valence-corrected chi connectivity index (χ2v) is 6.68. The number of alkyl halides is 3. The van der Waals surface area contributed by atoms with Gasteiger partial charge in [-0.3, -0.25) is 4.99 Å². The number of halogens is 3. The lowest BCUT2D eigenvalue weighted by Gasteiger charge is -2.15. The van der Waals surface area contributed by atoms with Crippen molar-refractivity contribution in [1.82, 2.24) is 15.6 Å². The Morgan fingerprint density at radius 3 is 2.50 bits per heavy atom. The Labute approximate surface area is 183 Å². The first-order chi connectivity index (χ1) is 15.4. The van der Waals surface area contributed by atoms with E-state index < -0.39 is 12.8 Å².